The minimum Gasteiger partial charge on any atom is -0.497 e. The Morgan fingerprint density at radius 3 is 2.44 bits per heavy atom. The van der Waals surface area contributed by atoms with Gasteiger partial charge in [-0.05, 0) is 24.3 Å². The summed E-state index contributed by atoms with van der Waals surface area (Å²) < 4.78 is 9.96. The molecule has 0 radical (unpaired) electrons. The van der Waals surface area contributed by atoms with Gasteiger partial charge in [-0.2, -0.15) is 0 Å². The highest BCUT2D eigenvalue weighted by Gasteiger charge is 2.12. The van der Waals surface area contributed by atoms with Gasteiger partial charge in [-0.3, -0.25) is 14.4 Å². The van der Waals surface area contributed by atoms with E-state index in [9.17, 15) is 14.4 Å². The molecule has 130 valence electrons. The van der Waals surface area contributed by atoms with Crippen molar-refractivity contribution in [2.75, 3.05) is 19.0 Å². The van der Waals surface area contributed by atoms with E-state index in [0.29, 0.717) is 17.0 Å². The van der Waals surface area contributed by atoms with Crippen LogP contribution in [-0.2, 0) is 14.3 Å². The highest BCUT2D eigenvalue weighted by molar-refractivity contribution is 5.98. The number of rotatable bonds is 8. The maximum absolute atomic E-state index is 12.0. The molecule has 2 aromatic rings. The standard InChI is InChI=1S/C19H19NO5/c1-24-16-9-5-6-14(12-16)17(21)13-25-19(23)11-10-18(22)20-15-7-3-2-4-8-15/h2-9,12H,10-11,13H2,1H3,(H,20,22). The number of hydrogen-bond donors (Lipinski definition) is 1. The van der Waals surface area contributed by atoms with Crippen LogP contribution in [0.4, 0.5) is 5.69 Å². The van der Waals surface area contributed by atoms with Crippen molar-refractivity contribution in [2.24, 2.45) is 0 Å². The number of nitrogens with one attached hydrogen (secondary N) is 1. The second kappa shape index (κ2) is 9.22. The molecule has 1 amide bonds. The Morgan fingerprint density at radius 2 is 1.72 bits per heavy atom. The van der Waals surface area contributed by atoms with Gasteiger partial charge in [0.05, 0.1) is 13.5 Å². The summed E-state index contributed by atoms with van der Waals surface area (Å²) in [5.41, 5.74) is 1.06. The molecule has 0 saturated carbocycles. The second-order valence-electron chi connectivity index (χ2n) is 5.23. The minimum absolute atomic E-state index is 0.0128. The number of methoxy groups -OCH3 is 1. The van der Waals surface area contributed by atoms with Crippen LogP contribution in [0.2, 0.25) is 0 Å². The number of para-hydroxylation sites is 1. The Bertz CT molecular complexity index is 742. The van der Waals surface area contributed by atoms with Crippen LogP contribution in [-0.4, -0.2) is 31.4 Å². The second-order valence-corrected chi connectivity index (χ2v) is 5.23. The van der Waals surface area contributed by atoms with Crippen molar-refractivity contribution in [3.8, 4) is 5.75 Å². The van der Waals surface area contributed by atoms with E-state index in [1.54, 1.807) is 48.5 Å². The number of ether oxygens (including phenoxy) is 2. The van der Waals surface area contributed by atoms with E-state index in [2.05, 4.69) is 5.32 Å². The summed E-state index contributed by atoms with van der Waals surface area (Å²) in [4.78, 5) is 35.4. The predicted molar refractivity (Wildman–Crippen MR) is 92.6 cm³/mol. The monoisotopic (exact) mass is 341 g/mol. The van der Waals surface area contributed by atoms with Crippen molar-refractivity contribution in [1.29, 1.82) is 0 Å². The maximum Gasteiger partial charge on any atom is 0.306 e. The zero-order valence-corrected chi connectivity index (χ0v) is 13.9. The molecular formula is C19H19NO5. The quantitative estimate of drug-likeness (QED) is 0.590. The van der Waals surface area contributed by atoms with Gasteiger partial charge in [0.25, 0.3) is 0 Å². The molecule has 0 fully saturated rings. The topological polar surface area (TPSA) is 81.7 Å². The fourth-order valence-electron chi connectivity index (χ4n) is 2.06. The van der Waals surface area contributed by atoms with Gasteiger partial charge in [-0.25, -0.2) is 0 Å². The van der Waals surface area contributed by atoms with Crippen molar-refractivity contribution in [2.45, 2.75) is 12.8 Å². The van der Waals surface area contributed by atoms with E-state index in [0.717, 1.165) is 0 Å². The van der Waals surface area contributed by atoms with Gasteiger partial charge in [0, 0.05) is 17.7 Å². The highest BCUT2D eigenvalue weighted by Crippen LogP contribution is 2.13. The fourth-order valence-corrected chi connectivity index (χ4v) is 2.06. The van der Waals surface area contributed by atoms with Gasteiger partial charge >= 0.3 is 5.97 Å². The lowest BCUT2D eigenvalue weighted by Crippen LogP contribution is -2.17. The molecule has 0 atom stereocenters. The summed E-state index contributed by atoms with van der Waals surface area (Å²) in [5, 5.41) is 2.67. The molecular weight excluding hydrogens is 322 g/mol. The number of ketones is 1. The van der Waals surface area contributed by atoms with Crippen LogP contribution in [0.1, 0.15) is 23.2 Å². The summed E-state index contributed by atoms with van der Waals surface area (Å²) in [6.45, 7) is -0.369. The lowest BCUT2D eigenvalue weighted by molar-refractivity contribution is -0.143. The first kappa shape index (κ1) is 18.2. The molecule has 0 spiro atoms. The molecule has 0 heterocycles. The average Bonchev–Trinajstić information content (AvgIpc) is 2.65. The van der Waals surface area contributed by atoms with E-state index < -0.39 is 5.97 Å². The summed E-state index contributed by atoms with van der Waals surface area (Å²) in [7, 11) is 1.50. The van der Waals surface area contributed by atoms with Crippen molar-refractivity contribution in [3.63, 3.8) is 0 Å². The summed E-state index contributed by atoms with van der Waals surface area (Å²) in [6, 6.07) is 15.5. The van der Waals surface area contributed by atoms with Gasteiger partial charge in [-0.15, -0.1) is 0 Å². The zero-order valence-electron chi connectivity index (χ0n) is 13.9. The molecule has 0 unspecified atom stereocenters. The zero-order chi connectivity index (χ0) is 18.1. The van der Waals surface area contributed by atoms with E-state index in [1.165, 1.54) is 7.11 Å². The number of Topliss-reactive ketones (excluding diaryl/α,β-unsaturated/α-hetero) is 1. The first-order valence-electron chi connectivity index (χ1n) is 7.76. The van der Waals surface area contributed by atoms with Gasteiger partial charge in [0.15, 0.2) is 12.4 Å². The molecule has 0 aliphatic carbocycles. The van der Waals surface area contributed by atoms with Crippen molar-refractivity contribution in [1.82, 2.24) is 0 Å². The number of carbonyl (C=O) groups excluding carboxylic acids is 3. The third-order valence-corrected chi connectivity index (χ3v) is 3.37. The van der Waals surface area contributed by atoms with E-state index in [-0.39, 0.29) is 31.1 Å². The lowest BCUT2D eigenvalue weighted by Gasteiger charge is -2.06. The van der Waals surface area contributed by atoms with Crippen LogP contribution in [0.25, 0.3) is 0 Å². The molecule has 0 aliphatic rings. The third-order valence-electron chi connectivity index (χ3n) is 3.37. The van der Waals surface area contributed by atoms with Crippen LogP contribution < -0.4 is 10.1 Å². The lowest BCUT2D eigenvalue weighted by atomic mass is 10.1. The molecule has 0 aromatic heterocycles. The number of amides is 1. The minimum atomic E-state index is -0.598. The van der Waals surface area contributed by atoms with E-state index in [1.807, 2.05) is 6.07 Å². The smallest absolute Gasteiger partial charge is 0.306 e. The van der Waals surface area contributed by atoms with Crippen LogP contribution in [0, 0.1) is 0 Å². The molecule has 1 N–H and O–H groups in total. The predicted octanol–water partition coefficient (Wildman–Crippen LogP) is 2.84. The normalized spacial score (nSPS) is 9.96. The molecule has 0 aliphatic heterocycles. The maximum atomic E-state index is 12.0. The van der Waals surface area contributed by atoms with E-state index >= 15 is 0 Å². The first-order valence-corrected chi connectivity index (χ1v) is 7.76. The van der Waals surface area contributed by atoms with E-state index in [4.69, 9.17) is 9.47 Å². The molecule has 6 heteroatoms. The first-order chi connectivity index (χ1) is 12.1. The van der Waals surface area contributed by atoms with Crippen molar-refractivity contribution < 1.29 is 23.9 Å². The number of hydrogen-bond acceptors (Lipinski definition) is 5. The van der Waals surface area contributed by atoms with Crippen molar-refractivity contribution in [3.05, 3.63) is 60.2 Å². The van der Waals surface area contributed by atoms with Crippen LogP contribution in [0.5, 0.6) is 5.75 Å². The molecule has 25 heavy (non-hydrogen) atoms. The number of benzene rings is 2. The highest BCUT2D eigenvalue weighted by atomic mass is 16.5. The number of carbonyl (C=O) groups is 3. The van der Waals surface area contributed by atoms with Gasteiger partial charge in [-0.1, -0.05) is 30.3 Å². The Kier molecular flexibility index (Phi) is 6.71. The number of esters is 1. The Hall–Kier alpha value is -3.15. The van der Waals surface area contributed by atoms with Gasteiger partial charge in [0.2, 0.25) is 5.91 Å². The largest absolute Gasteiger partial charge is 0.497 e. The summed E-state index contributed by atoms with van der Waals surface area (Å²) in [5.74, 6) is -0.669. The van der Waals surface area contributed by atoms with Gasteiger partial charge < -0.3 is 14.8 Å². The Morgan fingerprint density at radius 1 is 0.960 bits per heavy atom. The molecule has 6 nitrogen and oxygen atoms in total. The Labute approximate surface area is 145 Å². The summed E-state index contributed by atoms with van der Waals surface area (Å²) >= 11 is 0. The van der Waals surface area contributed by atoms with Crippen molar-refractivity contribution >= 4 is 23.3 Å². The molecule has 2 rings (SSSR count). The third kappa shape index (κ3) is 6.10. The summed E-state index contributed by atoms with van der Waals surface area (Å²) in [6.07, 6.45) is -0.106. The average molecular weight is 341 g/mol. The van der Waals surface area contributed by atoms with Crippen LogP contribution in [0.15, 0.2) is 54.6 Å². The molecule has 0 saturated heterocycles. The molecule has 0 bridgehead atoms. The van der Waals surface area contributed by atoms with Crippen LogP contribution in [0.3, 0.4) is 0 Å². The molecule has 2 aromatic carbocycles. The van der Waals surface area contributed by atoms with Gasteiger partial charge in [0.1, 0.15) is 5.75 Å². The number of anilines is 1. The fraction of sp³-hybridized carbons (Fsp3) is 0.211. The SMILES string of the molecule is COc1cccc(C(=O)COC(=O)CCC(=O)Nc2ccccc2)c1. The Balaban J connectivity index is 1.73. The van der Waals surface area contributed by atoms with Crippen LogP contribution >= 0.6 is 0 Å².